The van der Waals surface area contributed by atoms with E-state index in [2.05, 4.69) is 48.3 Å². The third-order valence-corrected chi connectivity index (χ3v) is 2.57. The molecule has 1 unspecified atom stereocenters. The summed E-state index contributed by atoms with van der Waals surface area (Å²) in [4.78, 5) is 20.0. The number of anilines is 1. The number of aromatic nitrogens is 2. The summed E-state index contributed by atoms with van der Waals surface area (Å²) < 4.78 is 0. The van der Waals surface area contributed by atoms with Crippen LogP contribution in [-0.4, -0.2) is 28.5 Å². The maximum Gasteiger partial charge on any atom is 0.254 e. The smallest absolute Gasteiger partial charge is 0.254 e. The monoisotopic (exact) mass is 250 g/mol. The van der Waals surface area contributed by atoms with Crippen molar-refractivity contribution < 1.29 is 4.79 Å². The molecule has 1 aromatic rings. The number of hydrogen-bond acceptors (Lipinski definition) is 4. The predicted molar refractivity (Wildman–Crippen MR) is 72.6 cm³/mol. The number of rotatable bonds is 6. The van der Waals surface area contributed by atoms with Crippen LogP contribution in [0.15, 0.2) is 12.4 Å². The first-order chi connectivity index (χ1) is 8.52. The van der Waals surface area contributed by atoms with Crippen molar-refractivity contribution in [2.75, 3.05) is 11.9 Å². The Hall–Kier alpha value is -1.65. The molecule has 2 N–H and O–H groups in total. The summed E-state index contributed by atoms with van der Waals surface area (Å²) in [6, 6.07) is 0.325. The number of amides is 1. The zero-order valence-electron chi connectivity index (χ0n) is 11.5. The van der Waals surface area contributed by atoms with Crippen LogP contribution in [0, 0.1) is 5.92 Å². The lowest BCUT2D eigenvalue weighted by Gasteiger charge is -2.11. The van der Waals surface area contributed by atoms with E-state index < -0.39 is 0 Å². The van der Waals surface area contributed by atoms with Crippen LogP contribution in [0.4, 0.5) is 5.95 Å². The highest BCUT2D eigenvalue weighted by atomic mass is 16.1. The van der Waals surface area contributed by atoms with Gasteiger partial charge in [0.15, 0.2) is 0 Å². The molecule has 5 nitrogen and oxygen atoms in total. The van der Waals surface area contributed by atoms with E-state index in [9.17, 15) is 4.79 Å². The summed E-state index contributed by atoms with van der Waals surface area (Å²) in [5.41, 5.74) is 0.491. The molecule has 1 atom stereocenters. The highest BCUT2D eigenvalue weighted by Crippen LogP contribution is 2.04. The summed E-state index contributed by atoms with van der Waals surface area (Å²) in [5.74, 6) is 0.866. The molecule has 0 saturated heterocycles. The molecule has 0 saturated carbocycles. The molecule has 1 heterocycles. The minimum atomic E-state index is -0.126. The number of nitrogens with one attached hydrogen (secondary N) is 2. The highest BCUT2D eigenvalue weighted by Gasteiger charge is 2.08. The predicted octanol–water partition coefficient (Wildman–Crippen LogP) is 2.07. The fourth-order valence-corrected chi connectivity index (χ4v) is 1.24. The van der Waals surface area contributed by atoms with Gasteiger partial charge in [0.05, 0.1) is 5.56 Å². The summed E-state index contributed by atoms with van der Waals surface area (Å²) in [6.45, 7) is 8.91. The average molecular weight is 250 g/mol. The second-order valence-corrected chi connectivity index (χ2v) is 4.85. The van der Waals surface area contributed by atoms with E-state index in [0.717, 1.165) is 6.42 Å². The van der Waals surface area contributed by atoms with E-state index in [1.807, 2.05) is 0 Å². The number of nitrogens with zero attached hydrogens (tertiary/aromatic N) is 2. The minimum Gasteiger partial charge on any atom is -0.352 e. The van der Waals surface area contributed by atoms with E-state index in [0.29, 0.717) is 30.0 Å². The number of carbonyl (C=O) groups is 1. The molecule has 5 heteroatoms. The van der Waals surface area contributed by atoms with Gasteiger partial charge in [0.1, 0.15) is 0 Å². The third-order valence-electron chi connectivity index (χ3n) is 2.57. The van der Waals surface area contributed by atoms with Gasteiger partial charge in [0.2, 0.25) is 5.95 Å². The molecule has 0 aliphatic heterocycles. The van der Waals surface area contributed by atoms with Crippen molar-refractivity contribution >= 4 is 11.9 Å². The van der Waals surface area contributed by atoms with Crippen molar-refractivity contribution in [3.63, 3.8) is 0 Å². The fraction of sp³-hybridized carbons (Fsp3) is 0.615. The Morgan fingerprint density at radius 3 is 2.39 bits per heavy atom. The molecule has 100 valence electrons. The van der Waals surface area contributed by atoms with Crippen molar-refractivity contribution in [2.45, 2.75) is 40.2 Å². The zero-order valence-corrected chi connectivity index (χ0v) is 11.5. The Kier molecular flexibility index (Phi) is 5.55. The van der Waals surface area contributed by atoms with Crippen molar-refractivity contribution in [1.29, 1.82) is 0 Å². The molecule has 1 aromatic heterocycles. The Balaban J connectivity index is 2.56. The van der Waals surface area contributed by atoms with Gasteiger partial charge in [-0.2, -0.15) is 0 Å². The third kappa shape index (κ3) is 4.69. The Morgan fingerprint density at radius 1 is 1.28 bits per heavy atom. The van der Waals surface area contributed by atoms with Crippen LogP contribution >= 0.6 is 0 Å². The van der Waals surface area contributed by atoms with Gasteiger partial charge in [-0.15, -0.1) is 0 Å². The molecule has 0 aliphatic rings. The van der Waals surface area contributed by atoms with Gasteiger partial charge >= 0.3 is 0 Å². The van der Waals surface area contributed by atoms with Crippen molar-refractivity contribution in [3.05, 3.63) is 18.0 Å². The maximum atomic E-state index is 11.7. The van der Waals surface area contributed by atoms with Gasteiger partial charge in [-0.1, -0.05) is 20.8 Å². The molecule has 0 aliphatic carbocycles. The van der Waals surface area contributed by atoms with E-state index in [1.165, 1.54) is 0 Å². The van der Waals surface area contributed by atoms with Crippen LogP contribution in [0.1, 0.15) is 44.5 Å². The first-order valence-corrected chi connectivity index (χ1v) is 6.39. The quantitative estimate of drug-likeness (QED) is 0.811. The molecular weight excluding hydrogens is 228 g/mol. The summed E-state index contributed by atoms with van der Waals surface area (Å²) in [5, 5.41) is 5.98. The average Bonchev–Trinajstić information content (AvgIpc) is 2.36. The highest BCUT2D eigenvalue weighted by molar-refractivity contribution is 5.93. The lowest BCUT2D eigenvalue weighted by Crippen LogP contribution is -2.27. The van der Waals surface area contributed by atoms with Gasteiger partial charge in [0.25, 0.3) is 5.91 Å². The lowest BCUT2D eigenvalue weighted by atomic mass is 10.2. The topological polar surface area (TPSA) is 66.9 Å². The van der Waals surface area contributed by atoms with Crippen LogP contribution in [0.3, 0.4) is 0 Å². The molecule has 0 aromatic carbocycles. The number of hydrogen-bond donors (Lipinski definition) is 2. The van der Waals surface area contributed by atoms with Gasteiger partial charge in [-0.05, 0) is 19.3 Å². The van der Waals surface area contributed by atoms with Gasteiger partial charge < -0.3 is 10.6 Å². The lowest BCUT2D eigenvalue weighted by molar-refractivity contribution is 0.0948. The summed E-state index contributed by atoms with van der Waals surface area (Å²) in [6.07, 6.45) is 4.10. The Morgan fingerprint density at radius 2 is 1.89 bits per heavy atom. The van der Waals surface area contributed by atoms with Gasteiger partial charge in [0, 0.05) is 25.0 Å². The SMILES string of the molecule is CCC(C)Nc1ncc(C(=O)NCC(C)C)cn1. The number of carbonyl (C=O) groups excluding carboxylic acids is 1. The molecule has 0 bridgehead atoms. The standard InChI is InChI=1S/C13H22N4O/c1-5-10(4)17-13-15-7-11(8-16-13)12(18)14-6-9(2)3/h7-10H,5-6H2,1-4H3,(H,14,18)(H,15,16,17). The molecule has 1 rings (SSSR count). The van der Waals surface area contributed by atoms with Crippen LogP contribution in [-0.2, 0) is 0 Å². The Labute approximate surface area is 108 Å². The molecule has 0 radical (unpaired) electrons. The molecule has 0 fully saturated rings. The zero-order chi connectivity index (χ0) is 13.5. The molecule has 18 heavy (non-hydrogen) atoms. The van der Waals surface area contributed by atoms with E-state index in [1.54, 1.807) is 12.4 Å². The van der Waals surface area contributed by atoms with Crippen LogP contribution in [0.5, 0.6) is 0 Å². The van der Waals surface area contributed by atoms with Crippen molar-refractivity contribution in [2.24, 2.45) is 5.92 Å². The molecular formula is C13H22N4O. The summed E-state index contributed by atoms with van der Waals surface area (Å²) >= 11 is 0. The van der Waals surface area contributed by atoms with E-state index >= 15 is 0 Å². The normalized spacial score (nSPS) is 12.3. The maximum absolute atomic E-state index is 11.7. The summed E-state index contributed by atoms with van der Waals surface area (Å²) in [7, 11) is 0. The second kappa shape index (κ2) is 6.93. The van der Waals surface area contributed by atoms with Gasteiger partial charge in [-0.3, -0.25) is 4.79 Å². The van der Waals surface area contributed by atoms with Crippen LogP contribution in [0.2, 0.25) is 0 Å². The van der Waals surface area contributed by atoms with Gasteiger partial charge in [-0.25, -0.2) is 9.97 Å². The van der Waals surface area contributed by atoms with E-state index in [4.69, 9.17) is 0 Å². The molecule has 1 amide bonds. The van der Waals surface area contributed by atoms with Crippen LogP contribution in [0.25, 0.3) is 0 Å². The fourth-order valence-electron chi connectivity index (χ4n) is 1.24. The van der Waals surface area contributed by atoms with E-state index in [-0.39, 0.29) is 5.91 Å². The van der Waals surface area contributed by atoms with Crippen LogP contribution < -0.4 is 10.6 Å². The molecule has 0 spiro atoms. The first-order valence-electron chi connectivity index (χ1n) is 6.39. The Bertz CT molecular complexity index is 375. The largest absolute Gasteiger partial charge is 0.352 e. The van der Waals surface area contributed by atoms with Crippen molar-refractivity contribution in [3.8, 4) is 0 Å². The second-order valence-electron chi connectivity index (χ2n) is 4.85. The van der Waals surface area contributed by atoms with Crippen molar-refractivity contribution in [1.82, 2.24) is 15.3 Å². The first kappa shape index (κ1) is 14.4. The minimum absolute atomic E-state index is 0.126.